The Bertz CT molecular complexity index is 1090. The second-order valence-corrected chi connectivity index (χ2v) is 7.81. The van der Waals surface area contributed by atoms with Crippen LogP contribution in [0.5, 0.6) is 0 Å². The van der Waals surface area contributed by atoms with Crippen LogP contribution < -0.4 is 0 Å². The molecule has 1 heterocycles. The first-order valence-electron chi connectivity index (χ1n) is 11.2. The van der Waals surface area contributed by atoms with Gasteiger partial charge in [-0.3, -0.25) is 14.8 Å². The molecule has 184 valence electrons. The molecule has 2 aromatic rings. The summed E-state index contributed by atoms with van der Waals surface area (Å²) in [5.41, 5.74) is 4.29. The molecule has 7 heteroatoms. The highest BCUT2D eigenvalue weighted by atomic mass is 16.5. The summed E-state index contributed by atoms with van der Waals surface area (Å²) >= 11 is 0. The van der Waals surface area contributed by atoms with Gasteiger partial charge in [0.15, 0.2) is 0 Å². The maximum Gasteiger partial charge on any atom is 0.272 e. The Balaban J connectivity index is 2.06. The molecule has 0 saturated carbocycles. The molecule has 35 heavy (non-hydrogen) atoms. The summed E-state index contributed by atoms with van der Waals surface area (Å²) < 4.78 is 11.0. The summed E-state index contributed by atoms with van der Waals surface area (Å²) in [7, 11) is 5.15. The van der Waals surface area contributed by atoms with E-state index < -0.39 is 0 Å². The van der Waals surface area contributed by atoms with Crippen LogP contribution in [0.25, 0.3) is 11.1 Å². The highest BCUT2D eigenvalue weighted by molar-refractivity contribution is 5.92. The van der Waals surface area contributed by atoms with E-state index in [4.69, 9.17) is 9.47 Å². The first kappa shape index (κ1) is 27.3. The van der Waals surface area contributed by atoms with E-state index in [1.165, 1.54) is 0 Å². The van der Waals surface area contributed by atoms with Crippen molar-refractivity contribution in [1.29, 1.82) is 0 Å². The largest absolute Gasteiger partial charge is 0.489 e. The van der Waals surface area contributed by atoms with Gasteiger partial charge in [-0.2, -0.15) is 5.10 Å². The quantitative estimate of drug-likeness (QED) is 0.176. The van der Waals surface area contributed by atoms with Gasteiger partial charge in [0.2, 0.25) is 0 Å². The normalized spacial score (nSPS) is 11.9. The molecule has 0 radical (unpaired) electrons. The lowest BCUT2D eigenvalue weighted by Gasteiger charge is -2.16. The summed E-state index contributed by atoms with van der Waals surface area (Å²) in [6.45, 7) is 10.7. The fourth-order valence-corrected chi connectivity index (χ4v) is 3.06. The lowest BCUT2D eigenvalue weighted by Crippen LogP contribution is -2.30. The van der Waals surface area contributed by atoms with E-state index in [0.717, 1.165) is 22.3 Å². The van der Waals surface area contributed by atoms with Gasteiger partial charge in [-0.1, -0.05) is 43.0 Å². The third-order valence-electron chi connectivity index (χ3n) is 5.17. The number of allylic oxidation sites excluding steroid dienone is 5. The van der Waals surface area contributed by atoms with E-state index in [9.17, 15) is 4.79 Å². The Kier molecular flexibility index (Phi) is 11.2. The summed E-state index contributed by atoms with van der Waals surface area (Å²) in [6, 6.07) is 11.7. The molecule has 7 nitrogen and oxygen atoms in total. The molecular formula is C28H34N4O3. The van der Waals surface area contributed by atoms with E-state index in [-0.39, 0.29) is 5.91 Å². The van der Waals surface area contributed by atoms with Crippen molar-refractivity contribution in [3.8, 4) is 11.1 Å². The van der Waals surface area contributed by atoms with Crippen molar-refractivity contribution in [2.45, 2.75) is 13.5 Å². The van der Waals surface area contributed by atoms with Crippen molar-refractivity contribution in [3.63, 3.8) is 0 Å². The third-order valence-corrected chi connectivity index (χ3v) is 5.17. The summed E-state index contributed by atoms with van der Waals surface area (Å²) in [5.74, 6) is 0.571. The van der Waals surface area contributed by atoms with Crippen LogP contribution >= 0.6 is 0 Å². The number of hydrogen-bond acceptors (Lipinski definition) is 6. The van der Waals surface area contributed by atoms with Gasteiger partial charge in [0.05, 0.1) is 6.61 Å². The number of rotatable bonds is 13. The standard InChI is InChI=1S/C28H34N4O3/c1-7-27(22(2)11-8-9-16-32(5)29-3)35-21-23-12-10-13-24(19-23)25-14-15-26(30-20-25)28(33)31(4)17-18-34-6/h7-16,19-20H,1,3,17-18,21H2,2,4-6H3. The van der Waals surface area contributed by atoms with Crippen molar-refractivity contribution in [1.82, 2.24) is 14.9 Å². The van der Waals surface area contributed by atoms with Crippen LogP contribution in [0.3, 0.4) is 0 Å². The van der Waals surface area contributed by atoms with Gasteiger partial charge < -0.3 is 14.4 Å². The van der Waals surface area contributed by atoms with Gasteiger partial charge in [0, 0.05) is 52.4 Å². The first-order valence-corrected chi connectivity index (χ1v) is 11.2. The van der Waals surface area contributed by atoms with Crippen molar-refractivity contribution in [3.05, 3.63) is 102 Å². The highest BCUT2D eigenvalue weighted by Gasteiger charge is 2.13. The zero-order valence-electron chi connectivity index (χ0n) is 21.0. The molecule has 1 aromatic carbocycles. The van der Waals surface area contributed by atoms with E-state index in [2.05, 4.69) is 29.4 Å². The molecule has 0 aliphatic rings. The molecule has 1 aromatic heterocycles. The van der Waals surface area contributed by atoms with E-state index >= 15 is 0 Å². The minimum atomic E-state index is -0.135. The van der Waals surface area contributed by atoms with Gasteiger partial charge in [0.25, 0.3) is 5.91 Å². The average molecular weight is 475 g/mol. The van der Waals surface area contributed by atoms with Gasteiger partial charge in [-0.25, -0.2) is 0 Å². The van der Waals surface area contributed by atoms with Gasteiger partial charge in [-0.05, 0) is 47.9 Å². The van der Waals surface area contributed by atoms with Crippen molar-refractivity contribution < 1.29 is 14.3 Å². The average Bonchev–Trinajstić information content (AvgIpc) is 2.89. The molecule has 0 spiro atoms. The zero-order chi connectivity index (χ0) is 25.6. The first-order chi connectivity index (χ1) is 16.9. The number of likely N-dealkylation sites (N-methyl/N-ethyl adjacent to an activating group) is 1. The summed E-state index contributed by atoms with van der Waals surface area (Å²) in [6.07, 6.45) is 10.9. The second kappa shape index (κ2) is 14.3. The maximum atomic E-state index is 12.5. The third kappa shape index (κ3) is 8.72. The number of benzene rings is 1. The molecule has 1 amide bonds. The SMILES string of the molecule is C=CC(OCc1cccc(-c2ccc(C(=O)N(C)CCOC)nc2)c1)=C(C)C=CC=CN(C)N=C. The van der Waals surface area contributed by atoms with E-state index in [1.54, 1.807) is 55.7 Å². The fraction of sp³-hybridized carbons (Fsp3) is 0.250. The molecule has 0 aliphatic heterocycles. The molecule has 2 rings (SSSR count). The maximum absolute atomic E-state index is 12.5. The lowest BCUT2D eigenvalue weighted by molar-refractivity contribution is 0.0738. The monoisotopic (exact) mass is 474 g/mol. The van der Waals surface area contributed by atoms with Crippen LogP contribution in [-0.2, 0) is 16.1 Å². The topological polar surface area (TPSA) is 67.3 Å². The summed E-state index contributed by atoms with van der Waals surface area (Å²) in [4.78, 5) is 18.4. The Morgan fingerprint density at radius 2 is 1.97 bits per heavy atom. The van der Waals surface area contributed by atoms with Crippen molar-refractivity contribution >= 4 is 12.6 Å². The zero-order valence-corrected chi connectivity index (χ0v) is 21.0. The Morgan fingerprint density at radius 1 is 1.17 bits per heavy atom. The van der Waals surface area contributed by atoms with Crippen molar-refractivity contribution in [2.24, 2.45) is 5.10 Å². The van der Waals surface area contributed by atoms with Gasteiger partial charge in [-0.15, -0.1) is 0 Å². The van der Waals surface area contributed by atoms with Gasteiger partial charge in [0.1, 0.15) is 18.1 Å². The minimum absolute atomic E-state index is 0.135. The van der Waals surface area contributed by atoms with Crippen LogP contribution in [0.1, 0.15) is 23.0 Å². The number of hydrazone groups is 1. The predicted molar refractivity (Wildman–Crippen MR) is 142 cm³/mol. The predicted octanol–water partition coefficient (Wildman–Crippen LogP) is 5.06. The molecule has 0 saturated heterocycles. The van der Waals surface area contributed by atoms with E-state index in [1.807, 2.05) is 49.4 Å². The number of methoxy groups -OCH3 is 1. The number of hydrogen-bond donors (Lipinski definition) is 0. The number of pyridine rings is 1. The Hall–Kier alpha value is -3.97. The van der Waals surface area contributed by atoms with Gasteiger partial charge >= 0.3 is 0 Å². The minimum Gasteiger partial charge on any atom is -0.489 e. The number of nitrogens with zero attached hydrogens (tertiary/aromatic N) is 4. The second-order valence-electron chi connectivity index (χ2n) is 7.81. The van der Waals surface area contributed by atoms with E-state index in [0.29, 0.717) is 31.2 Å². The molecule has 0 aliphatic carbocycles. The molecule has 0 bridgehead atoms. The van der Waals surface area contributed by atoms with Crippen LogP contribution in [0, 0.1) is 0 Å². The number of amides is 1. The van der Waals surface area contributed by atoms with Crippen LogP contribution in [0.2, 0.25) is 0 Å². The van der Waals surface area contributed by atoms with Crippen LogP contribution in [0.15, 0.2) is 96.1 Å². The molecule has 0 atom stereocenters. The van der Waals surface area contributed by atoms with Crippen LogP contribution in [0.4, 0.5) is 0 Å². The molecule has 0 N–H and O–H groups in total. The summed E-state index contributed by atoms with van der Waals surface area (Å²) in [5, 5.41) is 5.38. The number of carbonyl (C=O) groups is 1. The Labute approximate surface area is 208 Å². The highest BCUT2D eigenvalue weighted by Crippen LogP contribution is 2.21. The number of ether oxygens (including phenoxy) is 2. The number of carbonyl (C=O) groups excluding carboxylic acids is 1. The smallest absolute Gasteiger partial charge is 0.272 e. The molecule has 0 fully saturated rings. The Morgan fingerprint density at radius 3 is 2.63 bits per heavy atom. The van der Waals surface area contributed by atoms with Crippen molar-refractivity contribution in [2.75, 3.05) is 34.4 Å². The fourth-order valence-electron chi connectivity index (χ4n) is 3.06. The van der Waals surface area contributed by atoms with Crippen LogP contribution in [-0.4, -0.2) is 61.9 Å². The molecular weight excluding hydrogens is 440 g/mol. The number of aromatic nitrogens is 1. The molecule has 0 unspecified atom stereocenters. The lowest BCUT2D eigenvalue weighted by atomic mass is 10.0.